The molecule has 0 aliphatic heterocycles. The normalized spacial score (nSPS) is 10.8. The van der Waals surface area contributed by atoms with E-state index in [4.69, 9.17) is 0 Å². The largest absolute Gasteiger partial charge is 0.299 e. The van der Waals surface area contributed by atoms with Gasteiger partial charge in [0.15, 0.2) is 0 Å². The molecular weight excluding hydrogens is 209 g/mol. The van der Waals surface area contributed by atoms with Gasteiger partial charge in [0.05, 0.1) is 0 Å². The maximum absolute atomic E-state index is 13.6. The number of carbonyl (C=O) groups excluding carboxylic acids is 1. The summed E-state index contributed by atoms with van der Waals surface area (Å²) in [5.74, 6) is -0.418. The molecule has 0 N–H and O–H groups in total. The van der Waals surface area contributed by atoms with Crippen LogP contribution in [0.1, 0.15) is 5.56 Å². The Morgan fingerprint density at radius 3 is 2.88 bits per heavy atom. The second-order valence-electron chi connectivity index (χ2n) is 3.05. The van der Waals surface area contributed by atoms with E-state index < -0.39 is 5.82 Å². The molecule has 2 rings (SSSR count). The number of hydrogen-bond donors (Lipinski definition) is 0. The first-order valence-electron chi connectivity index (χ1n) is 4.57. The van der Waals surface area contributed by atoms with Gasteiger partial charge in [0, 0.05) is 0 Å². The Hall–Kier alpha value is -2.30. The minimum absolute atomic E-state index is 0.320. The zero-order valence-corrected chi connectivity index (χ0v) is 8.25. The SMILES string of the molecule is O=C/C=C/c1ccc(-n2cncn2)c(F)c1. The van der Waals surface area contributed by atoms with Gasteiger partial charge >= 0.3 is 0 Å². The average Bonchev–Trinajstić information content (AvgIpc) is 2.80. The Labute approximate surface area is 91.0 Å². The molecule has 1 aromatic heterocycles. The highest BCUT2D eigenvalue weighted by atomic mass is 19.1. The standard InChI is InChI=1S/C11H8FN3O/c12-10-6-9(2-1-5-16)3-4-11(10)15-8-13-7-14-15/h1-8H/b2-1+. The molecular formula is C11H8FN3O. The maximum atomic E-state index is 13.6. The number of rotatable bonds is 3. The summed E-state index contributed by atoms with van der Waals surface area (Å²) in [4.78, 5) is 13.9. The molecule has 0 radical (unpaired) electrons. The molecule has 0 saturated heterocycles. The van der Waals surface area contributed by atoms with Crippen molar-refractivity contribution in [2.75, 3.05) is 0 Å². The number of halogens is 1. The second-order valence-corrected chi connectivity index (χ2v) is 3.05. The van der Waals surface area contributed by atoms with Gasteiger partial charge in [-0.15, -0.1) is 0 Å². The van der Waals surface area contributed by atoms with Crippen molar-refractivity contribution >= 4 is 12.4 Å². The van der Waals surface area contributed by atoms with E-state index in [1.165, 1.54) is 35.6 Å². The lowest BCUT2D eigenvalue weighted by Crippen LogP contribution is -1.98. The number of benzene rings is 1. The van der Waals surface area contributed by atoms with Gasteiger partial charge in [0.2, 0.25) is 0 Å². The molecule has 0 unspecified atom stereocenters. The number of hydrogen-bond acceptors (Lipinski definition) is 3. The first kappa shape index (κ1) is 10.2. The van der Waals surface area contributed by atoms with Crippen molar-refractivity contribution in [1.82, 2.24) is 14.8 Å². The summed E-state index contributed by atoms with van der Waals surface area (Å²) in [5.41, 5.74) is 0.939. The fraction of sp³-hybridized carbons (Fsp3) is 0. The van der Waals surface area contributed by atoms with E-state index in [1.807, 2.05) is 0 Å². The lowest BCUT2D eigenvalue weighted by molar-refractivity contribution is -0.104. The predicted molar refractivity (Wildman–Crippen MR) is 56.4 cm³/mol. The smallest absolute Gasteiger partial charge is 0.149 e. The van der Waals surface area contributed by atoms with Gasteiger partial charge in [-0.25, -0.2) is 14.1 Å². The van der Waals surface area contributed by atoms with E-state index in [1.54, 1.807) is 12.1 Å². The summed E-state index contributed by atoms with van der Waals surface area (Å²) in [6.07, 6.45) is 6.23. The fourth-order valence-electron chi connectivity index (χ4n) is 1.30. The van der Waals surface area contributed by atoms with Crippen LogP contribution in [-0.4, -0.2) is 21.1 Å². The molecule has 0 amide bonds. The van der Waals surface area contributed by atoms with Gasteiger partial charge in [0.25, 0.3) is 0 Å². The third-order valence-electron chi connectivity index (χ3n) is 2.00. The highest BCUT2D eigenvalue weighted by Gasteiger charge is 2.04. The Balaban J connectivity index is 2.37. The van der Waals surface area contributed by atoms with Crippen LogP contribution in [0, 0.1) is 5.82 Å². The summed E-state index contributed by atoms with van der Waals surface area (Å²) < 4.78 is 15.0. The van der Waals surface area contributed by atoms with Crippen molar-refractivity contribution in [3.63, 3.8) is 0 Å². The molecule has 0 spiro atoms. The Morgan fingerprint density at radius 1 is 1.38 bits per heavy atom. The van der Waals surface area contributed by atoms with Crippen molar-refractivity contribution in [3.8, 4) is 5.69 Å². The maximum Gasteiger partial charge on any atom is 0.149 e. The molecule has 0 aliphatic carbocycles. The van der Waals surface area contributed by atoms with Crippen LogP contribution in [0.25, 0.3) is 11.8 Å². The molecule has 80 valence electrons. The van der Waals surface area contributed by atoms with Gasteiger partial charge in [-0.05, 0) is 23.8 Å². The first-order chi connectivity index (χ1) is 7.81. The topological polar surface area (TPSA) is 47.8 Å². The summed E-state index contributed by atoms with van der Waals surface area (Å²) in [5, 5.41) is 3.83. The van der Waals surface area contributed by atoms with Crippen LogP contribution >= 0.6 is 0 Å². The number of carbonyl (C=O) groups is 1. The lowest BCUT2D eigenvalue weighted by atomic mass is 10.2. The van der Waals surface area contributed by atoms with Crippen LogP contribution in [0.3, 0.4) is 0 Å². The van der Waals surface area contributed by atoms with Gasteiger partial charge in [-0.2, -0.15) is 5.10 Å². The summed E-state index contributed by atoms with van der Waals surface area (Å²) in [7, 11) is 0. The zero-order chi connectivity index (χ0) is 11.4. The Kier molecular flexibility index (Phi) is 2.86. The summed E-state index contributed by atoms with van der Waals surface area (Å²) in [6, 6.07) is 4.60. The second kappa shape index (κ2) is 4.48. The molecule has 5 heteroatoms. The number of nitrogens with zero attached hydrogens (tertiary/aromatic N) is 3. The van der Waals surface area contributed by atoms with Crippen LogP contribution in [-0.2, 0) is 4.79 Å². The number of allylic oxidation sites excluding steroid dienone is 1. The molecule has 2 aromatic rings. The molecule has 1 heterocycles. The van der Waals surface area contributed by atoms with Crippen LogP contribution < -0.4 is 0 Å². The molecule has 0 bridgehead atoms. The highest BCUT2D eigenvalue weighted by molar-refractivity contribution is 5.73. The van der Waals surface area contributed by atoms with E-state index >= 15 is 0 Å². The van der Waals surface area contributed by atoms with Crippen molar-refractivity contribution in [2.45, 2.75) is 0 Å². The van der Waals surface area contributed by atoms with Gasteiger partial charge in [-0.3, -0.25) is 4.79 Å². The highest BCUT2D eigenvalue weighted by Crippen LogP contribution is 2.14. The van der Waals surface area contributed by atoms with E-state index in [0.717, 1.165) is 0 Å². The lowest BCUT2D eigenvalue weighted by Gasteiger charge is -2.02. The molecule has 0 aliphatic rings. The molecule has 4 nitrogen and oxygen atoms in total. The quantitative estimate of drug-likeness (QED) is 0.579. The van der Waals surface area contributed by atoms with Crippen molar-refractivity contribution in [1.29, 1.82) is 0 Å². The minimum Gasteiger partial charge on any atom is -0.299 e. The Bertz CT molecular complexity index is 520. The molecule has 0 fully saturated rings. The van der Waals surface area contributed by atoms with E-state index in [2.05, 4.69) is 10.1 Å². The Morgan fingerprint density at radius 2 is 2.25 bits per heavy atom. The van der Waals surface area contributed by atoms with Crippen LogP contribution in [0.2, 0.25) is 0 Å². The van der Waals surface area contributed by atoms with Crippen LogP contribution in [0.4, 0.5) is 4.39 Å². The molecule has 1 aromatic carbocycles. The van der Waals surface area contributed by atoms with Crippen molar-refractivity contribution < 1.29 is 9.18 Å². The average molecular weight is 217 g/mol. The van der Waals surface area contributed by atoms with E-state index in [-0.39, 0.29) is 0 Å². The molecule has 0 atom stereocenters. The van der Waals surface area contributed by atoms with Gasteiger partial charge in [-0.1, -0.05) is 12.1 Å². The van der Waals surface area contributed by atoms with Gasteiger partial charge in [0.1, 0.15) is 30.4 Å². The van der Waals surface area contributed by atoms with Crippen LogP contribution in [0.15, 0.2) is 36.9 Å². The zero-order valence-electron chi connectivity index (χ0n) is 8.25. The van der Waals surface area contributed by atoms with Crippen molar-refractivity contribution in [3.05, 3.63) is 48.3 Å². The minimum atomic E-state index is -0.418. The monoisotopic (exact) mass is 217 g/mol. The molecule has 0 saturated carbocycles. The number of aldehydes is 1. The third kappa shape index (κ3) is 2.03. The van der Waals surface area contributed by atoms with Gasteiger partial charge < -0.3 is 0 Å². The van der Waals surface area contributed by atoms with Crippen LogP contribution in [0.5, 0.6) is 0 Å². The number of aromatic nitrogens is 3. The van der Waals surface area contributed by atoms with Crippen molar-refractivity contribution in [2.24, 2.45) is 0 Å². The molecule has 16 heavy (non-hydrogen) atoms. The predicted octanol–water partition coefficient (Wildman–Crippen LogP) is 1.62. The van der Waals surface area contributed by atoms with E-state index in [9.17, 15) is 9.18 Å². The van der Waals surface area contributed by atoms with E-state index in [0.29, 0.717) is 17.5 Å². The third-order valence-corrected chi connectivity index (χ3v) is 2.00. The summed E-state index contributed by atoms with van der Waals surface area (Å²) >= 11 is 0. The fourth-order valence-corrected chi connectivity index (χ4v) is 1.30. The summed E-state index contributed by atoms with van der Waals surface area (Å²) in [6.45, 7) is 0. The first-order valence-corrected chi connectivity index (χ1v) is 4.57.